The van der Waals surface area contributed by atoms with Gasteiger partial charge in [0, 0.05) is 5.92 Å². The van der Waals surface area contributed by atoms with Crippen LogP contribution in [0.5, 0.6) is 5.75 Å². The van der Waals surface area contributed by atoms with Crippen molar-refractivity contribution in [2.45, 2.75) is 27.7 Å². The van der Waals surface area contributed by atoms with Crippen LogP contribution in [0.1, 0.15) is 27.7 Å². The van der Waals surface area contributed by atoms with Crippen LogP contribution in [0.3, 0.4) is 0 Å². The number of para-hydroxylation sites is 1. The quantitative estimate of drug-likeness (QED) is 0.758. The largest absolute Gasteiger partial charge is 0.486 e. The van der Waals surface area contributed by atoms with Crippen LogP contribution in [0.15, 0.2) is 30.3 Å². The molecule has 1 aromatic carbocycles. The van der Waals surface area contributed by atoms with Gasteiger partial charge in [0.1, 0.15) is 12.4 Å². The van der Waals surface area contributed by atoms with E-state index in [0.29, 0.717) is 0 Å². The van der Waals surface area contributed by atoms with Gasteiger partial charge in [-0.05, 0) is 12.1 Å². The number of carbonyl (C=O) groups is 1. The Morgan fingerprint density at radius 2 is 1.73 bits per heavy atom. The Hall–Kier alpha value is -1.31. The van der Waals surface area contributed by atoms with E-state index in [0.717, 1.165) is 5.75 Å². The zero-order valence-corrected chi connectivity index (χ0v) is 9.99. The van der Waals surface area contributed by atoms with E-state index in [2.05, 4.69) is 0 Å². The maximum atomic E-state index is 11.2. The zero-order valence-electron chi connectivity index (χ0n) is 9.99. The van der Waals surface area contributed by atoms with Crippen molar-refractivity contribution in [2.24, 2.45) is 5.92 Å². The fourth-order valence-electron chi connectivity index (χ4n) is 0.838. The molecular formula is C13H20O2. The third-order valence-electron chi connectivity index (χ3n) is 1.77. The molecule has 2 heteroatoms. The predicted molar refractivity (Wildman–Crippen MR) is 63.1 cm³/mol. The third-order valence-corrected chi connectivity index (χ3v) is 1.77. The molecule has 1 aromatic rings. The lowest BCUT2D eigenvalue weighted by molar-refractivity contribution is -0.123. The highest BCUT2D eigenvalue weighted by Crippen LogP contribution is 2.08. The van der Waals surface area contributed by atoms with Gasteiger partial charge in [0.2, 0.25) is 0 Å². The van der Waals surface area contributed by atoms with E-state index in [4.69, 9.17) is 4.74 Å². The number of rotatable bonds is 4. The van der Waals surface area contributed by atoms with Crippen molar-refractivity contribution in [1.29, 1.82) is 0 Å². The summed E-state index contributed by atoms with van der Waals surface area (Å²) in [6.45, 7) is 7.91. The molecule has 0 radical (unpaired) electrons. The van der Waals surface area contributed by atoms with E-state index in [-0.39, 0.29) is 18.3 Å². The van der Waals surface area contributed by atoms with Crippen LogP contribution < -0.4 is 4.74 Å². The van der Waals surface area contributed by atoms with E-state index in [1.54, 1.807) is 0 Å². The smallest absolute Gasteiger partial charge is 0.172 e. The van der Waals surface area contributed by atoms with Crippen LogP contribution in [0, 0.1) is 5.92 Å². The van der Waals surface area contributed by atoms with E-state index in [1.807, 2.05) is 58.0 Å². The maximum Gasteiger partial charge on any atom is 0.172 e. The highest BCUT2D eigenvalue weighted by atomic mass is 16.5. The van der Waals surface area contributed by atoms with Crippen LogP contribution in [-0.2, 0) is 4.79 Å². The first-order chi connectivity index (χ1) is 7.20. The lowest BCUT2D eigenvalue weighted by atomic mass is 10.1. The summed E-state index contributed by atoms with van der Waals surface area (Å²) >= 11 is 0. The first kappa shape index (κ1) is 13.7. The van der Waals surface area contributed by atoms with Crippen molar-refractivity contribution >= 4 is 5.78 Å². The lowest BCUT2D eigenvalue weighted by Gasteiger charge is -2.06. The van der Waals surface area contributed by atoms with Gasteiger partial charge in [0.15, 0.2) is 5.78 Å². The summed E-state index contributed by atoms with van der Waals surface area (Å²) in [5.74, 6) is 0.920. The molecule has 15 heavy (non-hydrogen) atoms. The minimum absolute atomic E-state index is 0.0451. The van der Waals surface area contributed by atoms with Gasteiger partial charge < -0.3 is 4.74 Å². The first-order valence-electron chi connectivity index (χ1n) is 5.40. The molecule has 0 unspecified atom stereocenters. The second-order valence-corrected chi connectivity index (χ2v) is 3.22. The fraction of sp³-hybridized carbons (Fsp3) is 0.462. The molecule has 2 nitrogen and oxygen atoms in total. The molecule has 84 valence electrons. The molecule has 0 aromatic heterocycles. The standard InChI is InChI=1S/C11H14O2.C2H6/c1-9(2)11(12)8-13-10-6-4-3-5-7-10;1-2/h3-7,9H,8H2,1-2H3;1-2H3. The number of Topliss-reactive ketones (excluding diaryl/α,β-unsaturated/α-hetero) is 1. The summed E-state index contributed by atoms with van der Waals surface area (Å²) in [6, 6.07) is 9.36. The molecule has 0 heterocycles. The number of ketones is 1. The zero-order chi connectivity index (χ0) is 11.7. The Kier molecular flexibility index (Phi) is 7.33. The average Bonchev–Trinajstić information content (AvgIpc) is 2.30. The molecule has 0 bridgehead atoms. The van der Waals surface area contributed by atoms with Crippen molar-refractivity contribution in [3.63, 3.8) is 0 Å². The lowest BCUT2D eigenvalue weighted by Crippen LogP contribution is -2.16. The molecule has 0 spiro atoms. The Morgan fingerprint density at radius 3 is 2.20 bits per heavy atom. The first-order valence-corrected chi connectivity index (χ1v) is 5.40. The number of ether oxygens (including phenoxy) is 1. The number of benzene rings is 1. The summed E-state index contributed by atoms with van der Waals surface area (Å²) < 4.78 is 5.28. The van der Waals surface area contributed by atoms with Gasteiger partial charge in [0.25, 0.3) is 0 Å². The topological polar surface area (TPSA) is 26.3 Å². The molecule has 0 saturated heterocycles. The maximum absolute atomic E-state index is 11.2. The van der Waals surface area contributed by atoms with Gasteiger partial charge in [-0.1, -0.05) is 45.9 Å². The van der Waals surface area contributed by atoms with Crippen molar-refractivity contribution in [3.05, 3.63) is 30.3 Å². The SMILES string of the molecule is CC.CC(C)C(=O)COc1ccccc1. The molecule has 0 aliphatic heterocycles. The average molecular weight is 208 g/mol. The second-order valence-electron chi connectivity index (χ2n) is 3.22. The fourth-order valence-corrected chi connectivity index (χ4v) is 0.838. The normalized spacial score (nSPS) is 9.13. The molecule has 0 amide bonds. The number of hydrogen-bond acceptors (Lipinski definition) is 2. The third kappa shape index (κ3) is 5.89. The van der Waals surface area contributed by atoms with Crippen molar-refractivity contribution in [2.75, 3.05) is 6.61 Å². The Morgan fingerprint density at radius 1 is 1.20 bits per heavy atom. The highest BCUT2D eigenvalue weighted by molar-refractivity contribution is 5.81. The minimum Gasteiger partial charge on any atom is -0.486 e. The monoisotopic (exact) mass is 208 g/mol. The summed E-state index contributed by atoms with van der Waals surface area (Å²) in [5.41, 5.74) is 0. The predicted octanol–water partition coefficient (Wildman–Crippen LogP) is 3.32. The van der Waals surface area contributed by atoms with Crippen LogP contribution in [-0.4, -0.2) is 12.4 Å². The van der Waals surface area contributed by atoms with Crippen molar-refractivity contribution in [3.8, 4) is 5.75 Å². The molecule has 0 aliphatic carbocycles. The molecule has 0 atom stereocenters. The Bertz CT molecular complexity index is 265. The molecule has 0 aliphatic rings. The molecule has 0 saturated carbocycles. The van der Waals surface area contributed by atoms with E-state index in [1.165, 1.54) is 0 Å². The molecule has 0 N–H and O–H groups in total. The Labute approximate surface area is 92.3 Å². The second kappa shape index (κ2) is 8.04. The Balaban J connectivity index is 0.000000921. The number of carbonyl (C=O) groups excluding carboxylic acids is 1. The van der Waals surface area contributed by atoms with Crippen molar-refractivity contribution < 1.29 is 9.53 Å². The molecule has 1 rings (SSSR count). The van der Waals surface area contributed by atoms with Crippen LogP contribution in [0.2, 0.25) is 0 Å². The van der Waals surface area contributed by atoms with Gasteiger partial charge in [-0.25, -0.2) is 0 Å². The molecular weight excluding hydrogens is 188 g/mol. The summed E-state index contributed by atoms with van der Waals surface area (Å²) in [5, 5.41) is 0. The van der Waals surface area contributed by atoms with Gasteiger partial charge in [-0.15, -0.1) is 0 Å². The number of hydrogen-bond donors (Lipinski definition) is 0. The highest BCUT2D eigenvalue weighted by Gasteiger charge is 2.07. The summed E-state index contributed by atoms with van der Waals surface area (Å²) in [7, 11) is 0. The van der Waals surface area contributed by atoms with E-state index >= 15 is 0 Å². The minimum atomic E-state index is 0.0451. The van der Waals surface area contributed by atoms with Gasteiger partial charge >= 0.3 is 0 Å². The van der Waals surface area contributed by atoms with Crippen LogP contribution in [0.4, 0.5) is 0 Å². The van der Waals surface area contributed by atoms with Crippen LogP contribution >= 0.6 is 0 Å². The van der Waals surface area contributed by atoms with Gasteiger partial charge in [0.05, 0.1) is 0 Å². The van der Waals surface area contributed by atoms with Gasteiger partial charge in [-0.2, -0.15) is 0 Å². The summed E-state index contributed by atoms with van der Waals surface area (Å²) in [4.78, 5) is 11.2. The van der Waals surface area contributed by atoms with Crippen molar-refractivity contribution in [1.82, 2.24) is 0 Å². The summed E-state index contributed by atoms with van der Waals surface area (Å²) in [6.07, 6.45) is 0. The molecule has 0 fully saturated rings. The van der Waals surface area contributed by atoms with Gasteiger partial charge in [-0.3, -0.25) is 4.79 Å². The van der Waals surface area contributed by atoms with E-state index < -0.39 is 0 Å². The van der Waals surface area contributed by atoms with Crippen LogP contribution in [0.25, 0.3) is 0 Å². The van der Waals surface area contributed by atoms with E-state index in [9.17, 15) is 4.79 Å².